The molecule has 25 heavy (non-hydrogen) atoms. The summed E-state index contributed by atoms with van der Waals surface area (Å²) in [4.78, 5) is 28.7. The second-order valence-corrected chi connectivity index (χ2v) is 7.16. The Morgan fingerprint density at radius 2 is 1.96 bits per heavy atom. The van der Waals surface area contributed by atoms with Gasteiger partial charge in [-0.1, -0.05) is 12.1 Å². The van der Waals surface area contributed by atoms with Crippen LogP contribution in [0.25, 0.3) is 0 Å². The Hall–Kier alpha value is -1.75. The fourth-order valence-corrected chi connectivity index (χ4v) is 4.47. The average Bonchev–Trinajstić information content (AvgIpc) is 3.02. The van der Waals surface area contributed by atoms with Crippen molar-refractivity contribution in [2.45, 2.75) is 44.2 Å². The van der Waals surface area contributed by atoms with E-state index < -0.39 is 0 Å². The Balaban J connectivity index is 1.94. The number of carbonyl (C=O) groups excluding carboxylic acids is 2. The molecule has 0 radical (unpaired) electrons. The van der Waals surface area contributed by atoms with E-state index in [4.69, 9.17) is 16.3 Å². The van der Waals surface area contributed by atoms with E-state index in [-0.39, 0.29) is 29.8 Å². The van der Waals surface area contributed by atoms with Gasteiger partial charge >= 0.3 is 0 Å². The van der Waals surface area contributed by atoms with Crippen molar-refractivity contribution in [3.63, 3.8) is 0 Å². The molecule has 6 heteroatoms. The van der Waals surface area contributed by atoms with E-state index in [0.717, 1.165) is 30.7 Å². The second-order valence-electron chi connectivity index (χ2n) is 6.78. The quantitative estimate of drug-likeness (QED) is 0.772. The number of hydrogen-bond donors (Lipinski definition) is 0. The van der Waals surface area contributed by atoms with Crippen LogP contribution >= 0.6 is 11.6 Å². The summed E-state index contributed by atoms with van der Waals surface area (Å²) in [5, 5.41) is 0. The molecule has 0 aromatic heterocycles. The molecular weight excluding hydrogens is 340 g/mol. The van der Waals surface area contributed by atoms with Gasteiger partial charge in [-0.05, 0) is 30.5 Å². The largest absolute Gasteiger partial charge is 0.497 e. The van der Waals surface area contributed by atoms with Gasteiger partial charge in [-0.3, -0.25) is 9.59 Å². The van der Waals surface area contributed by atoms with Gasteiger partial charge in [0.05, 0.1) is 19.2 Å². The van der Waals surface area contributed by atoms with Crippen molar-refractivity contribution in [2.24, 2.45) is 0 Å². The van der Waals surface area contributed by atoms with E-state index in [1.165, 1.54) is 0 Å². The minimum atomic E-state index is 0.0294. The topological polar surface area (TPSA) is 49.9 Å². The van der Waals surface area contributed by atoms with Crippen molar-refractivity contribution in [1.82, 2.24) is 9.80 Å². The summed E-state index contributed by atoms with van der Waals surface area (Å²) in [6.45, 7) is 3.02. The SMILES string of the molecule is COc1ccc([C@H]2CN(C(C)=O)[C@@H]3CCCN(C(=O)CCCl)[C@H]23)cc1. The van der Waals surface area contributed by atoms with E-state index in [1.807, 2.05) is 34.1 Å². The number of halogens is 1. The molecule has 0 N–H and O–H groups in total. The van der Waals surface area contributed by atoms with Gasteiger partial charge in [0.15, 0.2) is 0 Å². The number of benzene rings is 1. The molecule has 5 nitrogen and oxygen atoms in total. The number of likely N-dealkylation sites (tertiary alicyclic amines) is 2. The highest BCUT2D eigenvalue weighted by Crippen LogP contribution is 2.40. The summed E-state index contributed by atoms with van der Waals surface area (Å²) in [7, 11) is 1.64. The standard InChI is InChI=1S/C19H25ClN2O3/c1-13(23)22-12-16(14-5-7-15(25-2)8-6-14)19-17(22)4-3-11-21(19)18(24)9-10-20/h5-8,16-17,19H,3-4,9-12H2,1-2H3/t16-,17-,19-/m1/s1. The molecule has 2 aliphatic heterocycles. The molecule has 3 atom stereocenters. The molecule has 0 unspecified atom stereocenters. The molecule has 1 aromatic rings. The maximum Gasteiger partial charge on any atom is 0.224 e. The van der Waals surface area contributed by atoms with E-state index in [1.54, 1.807) is 14.0 Å². The first-order chi connectivity index (χ1) is 12.1. The van der Waals surface area contributed by atoms with E-state index >= 15 is 0 Å². The molecule has 136 valence electrons. The third kappa shape index (κ3) is 3.47. The number of hydrogen-bond acceptors (Lipinski definition) is 3. The second kappa shape index (κ2) is 7.65. The molecule has 2 saturated heterocycles. The fourth-order valence-electron chi connectivity index (χ4n) is 4.31. The number of amides is 2. The van der Waals surface area contributed by atoms with Gasteiger partial charge in [-0.2, -0.15) is 0 Å². The van der Waals surface area contributed by atoms with Crippen LogP contribution in [0.2, 0.25) is 0 Å². The van der Waals surface area contributed by atoms with E-state index in [9.17, 15) is 9.59 Å². The lowest BCUT2D eigenvalue weighted by Gasteiger charge is -2.41. The van der Waals surface area contributed by atoms with Gasteiger partial charge in [-0.15, -0.1) is 11.6 Å². The first-order valence-corrected chi connectivity index (χ1v) is 9.37. The van der Waals surface area contributed by atoms with Crippen molar-refractivity contribution in [1.29, 1.82) is 0 Å². The number of fused-ring (bicyclic) bond motifs is 1. The Morgan fingerprint density at radius 3 is 2.56 bits per heavy atom. The monoisotopic (exact) mass is 364 g/mol. The summed E-state index contributed by atoms with van der Waals surface area (Å²) in [5.74, 6) is 1.43. The maximum absolute atomic E-state index is 12.6. The third-order valence-corrected chi connectivity index (χ3v) is 5.63. The lowest BCUT2D eigenvalue weighted by atomic mass is 9.86. The first kappa shape index (κ1) is 18.1. The number of nitrogens with zero attached hydrogens (tertiary/aromatic N) is 2. The average molecular weight is 365 g/mol. The van der Waals surface area contributed by atoms with Crippen LogP contribution in [-0.4, -0.2) is 59.8 Å². The van der Waals surface area contributed by atoms with Gasteiger partial charge in [0.1, 0.15) is 5.75 Å². The van der Waals surface area contributed by atoms with Crippen LogP contribution in [0.1, 0.15) is 37.7 Å². The van der Waals surface area contributed by atoms with Crippen molar-refractivity contribution in [3.05, 3.63) is 29.8 Å². The molecule has 1 aromatic carbocycles. The first-order valence-electron chi connectivity index (χ1n) is 8.83. The number of ether oxygens (including phenoxy) is 1. The molecule has 3 rings (SSSR count). The molecule has 0 aliphatic carbocycles. The van der Waals surface area contributed by atoms with Crippen LogP contribution in [0.4, 0.5) is 0 Å². The van der Waals surface area contributed by atoms with Gasteiger partial charge in [0, 0.05) is 38.2 Å². The number of alkyl halides is 1. The fraction of sp³-hybridized carbons (Fsp3) is 0.579. The van der Waals surface area contributed by atoms with Crippen LogP contribution < -0.4 is 4.74 Å². The molecule has 2 amide bonds. The Bertz CT molecular complexity index is 634. The summed E-state index contributed by atoms with van der Waals surface area (Å²) >= 11 is 5.80. The van der Waals surface area contributed by atoms with Crippen LogP contribution in [-0.2, 0) is 9.59 Å². The van der Waals surface area contributed by atoms with Gasteiger partial charge in [-0.25, -0.2) is 0 Å². The highest BCUT2D eigenvalue weighted by molar-refractivity contribution is 6.18. The highest BCUT2D eigenvalue weighted by atomic mass is 35.5. The highest BCUT2D eigenvalue weighted by Gasteiger charge is 2.49. The van der Waals surface area contributed by atoms with Crippen molar-refractivity contribution >= 4 is 23.4 Å². The predicted molar refractivity (Wildman–Crippen MR) is 97.0 cm³/mol. The normalized spacial score (nSPS) is 25.6. The van der Waals surface area contributed by atoms with Crippen LogP contribution in [0.5, 0.6) is 5.75 Å². The zero-order chi connectivity index (χ0) is 18.0. The maximum atomic E-state index is 12.6. The summed E-state index contributed by atoms with van der Waals surface area (Å²) < 4.78 is 5.25. The zero-order valence-corrected chi connectivity index (χ0v) is 15.5. The van der Waals surface area contributed by atoms with Gasteiger partial charge < -0.3 is 14.5 Å². The van der Waals surface area contributed by atoms with Crippen LogP contribution in [0.15, 0.2) is 24.3 Å². The van der Waals surface area contributed by atoms with Crippen LogP contribution in [0, 0.1) is 0 Å². The van der Waals surface area contributed by atoms with Gasteiger partial charge in [0.25, 0.3) is 0 Å². The minimum Gasteiger partial charge on any atom is -0.497 e. The summed E-state index contributed by atoms with van der Waals surface area (Å²) in [6, 6.07) is 8.09. The smallest absolute Gasteiger partial charge is 0.224 e. The Kier molecular flexibility index (Phi) is 5.52. The lowest BCUT2D eigenvalue weighted by molar-refractivity contribution is -0.138. The number of rotatable bonds is 4. The van der Waals surface area contributed by atoms with E-state index in [2.05, 4.69) is 0 Å². The minimum absolute atomic E-state index is 0.0294. The zero-order valence-electron chi connectivity index (χ0n) is 14.8. The van der Waals surface area contributed by atoms with Crippen molar-refractivity contribution < 1.29 is 14.3 Å². The summed E-state index contributed by atoms with van der Waals surface area (Å²) in [5.41, 5.74) is 1.14. The molecule has 0 bridgehead atoms. The Morgan fingerprint density at radius 1 is 1.24 bits per heavy atom. The van der Waals surface area contributed by atoms with E-state index in [0.29, 0.717) is 18.8 Å². The molecule has 2 heterocycles. The number of methoxy groups -OCH3 is 1. The molecule has 0 spiro atoms. The summed E-state index contributed by atoms with van der Waals surface area (Å²) in [6.07, 6.45) is 2.22. The Labute approximate surface area is 153 Å². The van der Waals surface area contributed by atoms with Crippen LogP contribution in [0.3, 0.4) is 0 Å². The molecular formula is C19H25ClN2O3. The third-order valence-electron chi connectivity index (χ3n) is 5.44. The number of piperidine rings is 1. The van der Waals surface area contributed by atoms with Crippen molar-refractivity contribution in [2.75, 3.05) is 26.1 Å². The predicted octanol–water partition coefficient (Wildman–Crippen LogP) is 2.63. The lowest BCUT2D eigenvalue weighted by Crippen LogP contribution is -2.53. The number of carbonyl (C=O) groups is 2. The van der Waals surface area contributed by atoms with Crippen molar-refractivity contribution in [3.8, 4) is 5.75 Å². The molecule has 2 aliphatic rings. The molecule has 2 fully saturated rings. The van der Waals surface area contributed by atoms with Gasteiger partial charge in [0.2, 0.25) is 11.8 Å². The molecule has 0 saturated carbocycles.